The molecule has 0 bridgehead atoms. The van der Waals surface area contributed by atoms with Gasteiger partial charge in [0.15, 0.2) is 24.6 Å². The molecule has 3 N–H and O–H groups in total. The van der Waals surface area contributed by atoms with Crippen LogP contribution in [0.2, 0.25) is 0 Å². The molecule has 79 heavy (non-hydrogen) atoms. The highest BCUT2D eigenvalue weighted by Crippen LogP contribution is 2.26. The molecule has 1 rings (SSSR count). The van der Waals surface area contributed by atoms with Crippen LogP contribution in [0.25, 0.3) is 0 Å². The maximum Gasteiger partial charge on any atom is 0.335 e. The molecule has 1 fully saturated rings. The number of aliphatic hydroxyl groups is 2. The second kappa shape index (κ2) is 54.5. The van der Waals surface area contributed by atoms with E-state index < -0.39 is 67.3 Å². The lowest BCUT2D eigenvalue weighted by molar-refractivity contribution is -0.301. The molecule has 1 aliphatic rings. The molecule has 452 valence electrons. The minimum absolute atomic E-state index is 0.0667. The molecule has 1 aliphatic heterocycles. The highest BCUT2D eigenvalue weighted by Gasteiger charge is 2.50. The Morgan fingerprint density at radius 2 is 0.823 bits per heavy atom. The molecule has 12 heteroatoms. The van der Waals surface area contributed by atoms with Crippen molar-refractivity contribution in [3.63, 3.8) is 0 Å². The number of carboxylic acids is 1. The van der Waals surface area contributed by atoms with E-state index in [1.54, 1.807) is 0 Å². The molecule has 0 amide bonds. The van der Waals surface area contributed by atoms with Crippen LogP contribution in [0.5, 0.6) is 0 Å². The minimum atomic E-state index is -1.93. The van der Waals surface area contributed by atoms with Crippen LogP contribution >= 0.6 is 0 Å². The Morgan fingerprint density at radius 3 is 1.27 bits per heavy atom. The van der Waals surface area contributed by atoms with E-state index in [2.05, 4.69) is 87.6 Å². The summed E-state index contributed by atoms with van der Waals surface area (Å²) in [6.45, 7) is 5.86. The third kappa shape index (κ3) is 44.3. The molecule has 0 aromatic rings. The number of unbranched alkanes of at least 4 members (excludes halogenated alkanes) is 25. The fourth-order valence-corrected chi connectivity index (χ4v) is 9.15. The predicted molar refractivity (Wildman–Crippen MR) is 321 cm³/mol. The molecule has 0 aromatic heterocycles. The zero-order chi connectivity index (χ0) is 57.5. The van der Waals surface area contributed by atoms with Crippen molar-refractivity contribution in [2.24, 2.45) is 0 Å². The lowest BCUT2D eigenvalue weighted by atomic mass is 9.98. The van der Waals surface area contributed by atoms with Crippen molar-refractivity contribution in [1.29, 1.82) is 0 Å². The Balaban J connectivity index is 2.72. The average Bonchev–Trinajstić information content (AvgIpc) is 3.44. The van der Waals surface area contributed by atoms with Crippen molar-refractivity contribution >= 4 is 23.9 Å². The van der Waals surface area contributed by atoms with E-state index in [-0.39, 0.29) is 25.9 Å². The van der Waals surface area contributed by atoms with E-state index in [1.807, 2.05) is 18.2 Å². The first-order valence-electron chi connectivity index (χ1n) is 31.6. The van der Waals surface area contributed by atoms with Gasteiger partial charge in [-0.3, -0.25) is 14.4 Å². The van der Waals surface area contributed by atoms with E-state index in [0.29, 0.717) is 25.7 Å². The first kappa shape index (κ1) is 72.9. The Bertz CT molecular complexity index is 1700. The van der Waals surface area contributed by atoms with Gasteiger partial charge in [-0.1, -0.05) is 247 Å². The molecule has 0 saturated carbocycles. The second-order valence-electron chi connectivity index (χ2n) is 21.3. The van der Waals surface area contributed by atoms with Gasteiger partial charge in [0.1, 0.15) is 18.8 Å². The fraction of sp³-hybridized carbons (Fsp3) is 0.731. The summed E-state index contributed by atoms with van der Waals surface area (Å²) in [7, 11) is 0. The number of aliphatic hydroxyl groups excluding tert-OH is 2. The number of carbonyl (C=O) groups is 4. The van der Waals surface area contributed by atoms with Crippen molar-refractivity contribution in [2.75, 3.05) is 13.2 Å². The van der Waals surface area contributed by atoms with Gasteiger partial charge >= 0.3 is 23.9 Å². The summed E-state index contributed by atoms with van der Waals surface area (Å²) in [5.41, 5.74) is 0. The van der Waals surface area contributed by atoms with Gasteiger partial charge in [0.25, 0.3) is 0 Å². The first-order valence-corrected chi connectivity index (χ1v) is 31.6. The monoisotopic (exact) mass is 1110 g/mol. The van der Waals surface area contributed by atoms with Gasteiger partial charge in [-0.2, -0.15) is 0 Å². The number of aliphatic carboxylic acids is 1. The van der Waals surface area contributed by atoms with Crippen LogP contribution in [0.1, 0.15) is 265 Å². The number of hydrogen-bond donors (Lipinski definition) is 3. The van der Waals surface area contributed by atoms with Crippen LogP contribution in [0, 0.1) is 0 Å². The minimum Gasteiger partial charge on any atom is -0.479 e. The van der Waals surface area contributed by atoms with Crippen LogP contribution in [0.3, 0.4) is 0 Å². The molecular weight excluding hydrogens is 997 g/mol. The van der Waals surface area contributed by atoms with Gasteiger partial charge in [-0.15, -0.1) is 0 Å². The van der Waals surface area contributed by atoms with Crippen molar-refractivity contribution in [2.45, 2.75) is 302 Å². The largest absolute Gasteiger partial charge is 0.479 e. The molecule has 12 nitrogen and oxygen atoms in total. The number of ether oxygens (including phenoxy) is 5. The zero-order valence-corrected chi connectivity index (χ0v) is 49.8. The van der Waals surface area contributed by atoms with Gasteiger partial charge in [-0.25, -0.2) is 4.79 Å². The van der Waals surface area contributed by atoms with Crippen LogP contribution < -0.4 is 0 Å². The molecule has 0 aromatic carbocycles. The van der Waals surface area contributed by atoms with E-state index in [9.17, 15) is 34.5 Å². The quantitative estimate of drug-likeness (QED) is 0.0228. The molecule has 0 aliphatic carbocycles. The summed E-state index contributed by atoms with van der Waals surface area (Å²) in [4.78, 5) is 51.2. The number of rotatable bonds is 53. The Hall–Kier alpha value is -4.10. The summed E-state index contributed by atoms with van der Waals surface area (Å²) in [6, 6.07) is 0. The van der Waals surface area contributed by atoms with Crippen LogP contribution in [0.15, 0.2) is 85.1 Å². The standard InChI is InChI=1S/C67H112O12/c1-4-7-10-13-16-19-22-25-28-29-30-31-34-37-40-43-46-49-52-55-61(70)78-65-63(72)62(71)64(66(73)74)79-67(65)76-57-58(77-60(69)54-51-48-45-42-39-36-33-27-24-21-18-15-12-9-6-3)56-75-59(68)53-50-47-44-41-38-35-32-26-23-20-17-14-11-8-5-2/h7,10,16,19,25-26,28,30-32,37,40,46,49,58,62-65,67,71-72H,4-6,8-9,11-15,17-18,20-24,27,29,33-36,38-39,41-45,47-48,50-57H2,1-3H3,(H,73,74)/b10-7-,19-16-,28-25-,31-30-,32-26-,40-37-,49-46-. The lowest BCUT2D eigenvalue weighted by Gasteiger charge is -2.40. The normalized spacial score (nSPS) is 18.4. The smallest absolute Gasteiger partial charge is 0.335 e. The fourth-order valence-electron chi connectivity index (χ4n) is 9.15. The number of carboxylic acid groups (broad SMARTS) is 1. The first-order chi connectivity index (χ1) is 38.6. The van der Waals surface area contributed by atoms with Crippen LogP contribution in [-0.2, 0) is 42.9 Å². The highest BCUT2D eigenvalue weighted by atomic mass is 16.7. The number of hydrogen-bond acceptors (Lipinski definition) is 11. The van der Waals surface area contributed by atoms with Gasteiger partial charge in [0, 0.05) is 19.3 Å². The number of esters is 3. The van der Waals surface area contributed by atoms with Gasteiger partial charge < -0.3 is 39.0 Å². The predicted octanol–water partition coefficient (Wildman–Crippen LogP) is 16.7. The summed E-state index contributed by atoms with van der Waals surface area (Å²) in [6.07, 6.45) is 58.4. The van der Waals surface area contributed by atoms with E-state index in [0.717, 1.165) is 89.9 Å². The molecular formula is C67H112O12. The van der Waals surface area contributed by atoms with E-state index in [1.165, 1.54) is 109 Å². The van der Waals surface area contributed by atoms with Gasteiger partial charge in [0.2, 0.25) is 0 Å². The Labute approximate surface area is 480 Å². The zero-order valence-electron chi connectivity index (χ0n) is 49.8. The topological polar surface area (TPSA) is 175 Å². The Morgan fingerprint density at radius 1 is 0.430 bits per heavy atom. The van der Waals surface area contributed by atoms with Gasteiger partial charge in [-0.05, 0) is 83.5 Å². The molecule has 0 radical (unpaired) electrons. The summed E-state index contributed by atoms with van der Waals surface area (Å²) >= 11 is 0. The SMILES string of the molecule is CC/C=C\C/C=C\C/C=C\C/C=C\C/C=C\C/C=C\CCC(=O)OC1C(OCC(COC(=O)CCCCCCC/C=C\CCCCCCCC)OC(=O)CCCCCCCCCCCCCCCCC)OC(C(=O)O)C(O)C1O. The van der Waals surface area contributed by atoms with Crippen molar-refractivity contribution < 1.29 is 58.2 Å². The molecule has 1 saturated heterocycles. The van der Waals surface area contributed by atoms with Crippen molar-refractivity contribution in [3.05, 3.63) is 85.1 Å². The highest BCUT2D eigenvalue weighted by molar-refractivity contribution is 5.74. The maximum atomic E-state index is 13.2. The lowest BCUT2D eigenvalue weighted by Crippen LogP contribution is -2.61. The van der Waals surface area contributed by atoms with Crippen LogP contribution in [-0.4, -0.2) is 89.2 Å². The van der Waals surface area contributed by atoms with Crippen molar-refractivity contribution in [1.82, 2.24) is 0 Å². The number of allylic oxidation sites excluding steroid dienone is 14. The summed E-state index contributed by atoms with van der Waals surface area (Å²) < 4.78 is 28.4. The molecule has 0 spiro atoms. The summed E-state index contributed by atoms with van der Waals surface area (Å²) in [5.74, 6) is -3.23. The Kier molecular flexibility index (Phi) is 50.3. The summed E-state index contributed by atoms with van der Waals surface area (Å²) in [5, 5.41) is 31.5. The van der Waals surface area contributed by atoms with Crippen LogP contribution in [0.4, 0.5) is 0 Å². The average molecular weight is 1110 g/mol. The number of carbonyl (C=O) groups excluding carboxylic acids is 3. The third-order valence-electron chi connectivity index (χ3n) is 14.0. The molecule has 6 atom stereocenters. The third-order valence-corrected chi connectivity index (χ3v) is 14.0. The van der Waals surface area contributed by atoms with Gasteiger partial charge in [0.05, 0.1) is 6.61 Å². The maximum absolute atomic E-state index is 13.2. The second-order valence-corrected chi connectivity index (χ2v) is 21.3. The molecule has 1 heterocycles. The van der Waals surface area contributed by atoms with E-state index in [4.69, 9.17) is 23.7 Å². The molecule has 6 unspecified atom stereocenters. The van der Waals surface area contributed by atoms with E-state index >= 15 is 0 Å². The van der Waals surface area contributed by atoms with Crippen molar-refractivity contribution in [3.8, 4) is 0 Å².